The zero-order valence-electron chi connectivity index (χ0n) is 11.8. The van der Waals surface area contributed by atoms with E-state index in [1.54, 1.807) is 11.1 Å². The van der Waals surface area contributed by atoms with Crippen molar-refractivity contribution in [1.29, 1.82) is 0 Å². The summed E-state index contributed by atoms with van der Waals surface area (Å²) in [5.41, 5.74) is 3.12. The highest BCUT2D eigenvalue weighted by Crippen LogP contribution is 2.44. The van der Waals surface area contributed by atoms with E-state index in [2.05, 4.69) is 41.4 Å². The molecule has 1 saturated carbocycles. The number of rotatable bonds is 3. The topological polar surface area (TPSA) is 15.3 Å². The summed E-state index contributed by atoms with van der Waals surface area (Å²) in [6.45, 7) is 4.65. The van der Waals surface area contributed by atoms with Crippen molar-refractivity contribution in [2.45, 2.75) is 50.7 Å². The smallest absolute Gasteiger partial charge is 0.0484 e. The molecule has 2 aliphatic carbocycles. The number of hydrogen-bond donors (Lipinski definition) is 1. The Morgan fingerprint density at radius 1 is 1.26 bits per heavy atom. The number of fused-ring (bicyclic) bond motifs is 3. The van der Waals surface area contributed by atoms with Gasteiger partial charge in [0.15, 0.2) is 0 Å². The number of likely N-dealkylation sites (tertiary alicyclic amines) is 1. The third-order valence-electron chi connectivity index (χ3n) is 5.51. The number of nitrogens with zero attached hydrogens (tertiary/aromatic N) is 1. The molecule has 0 aromatic heterocycles. The van der Waals surface area contributed by atoms with Gasteiger partial charge in [-0.2, -0.15) is 0 Å². The predicted octanol–water partition coefficient (Wildman–Crippen LogP) is 2.75. The predicted molar refractivity (Wildman–Crippen MR) is 78.2 cm³/mol. The van der Waals surface area contributed by atoms with Crippen LogP contribution in [0.1, 0.15) is 43.4 Å². The van der Waals surface area contributed by atoms with Crippen molar-refractivity contribution in [3.63, 3.8) is 0 Å². The van der Waals surface area contributed by atoms with Crippen LogP contribution in [-0.2, 0) is 6.42 Å². The maximum absolute atomic E-state index is 3.75. The highest BCUT2D eigenvalue weighted by molar-refractivity contribution is 5.37. The van der Waals surface area contributed by atoms with Gasteiger partial charge < -0.3 is 5.32 Å². The molecule has 102 valence electrons. The molecule has 2 fully saturated rings. The van der Waals surface area contributed by atoms with E-state index in [0.717, 1.165) is 18.5 Å². The Morgan fingerprint density at radius 3 is 2.89 bits per heavy atom. The van der Waals surface area contributed by atoms with E-state index in [1.807, 2.05) is 0 Å². The van der Waals surface area contributed by atoms with Crippen LogP contribution in [0.5, 0.6) is 0 Å². The van der Waals surface area contributed by atoms with Crippen molar-refractivity contribution in [2.75, 3.05) is 13.1 Å². The van der Waals surface area contributed by atoms with Gasteiger partial charge in [-0.1, -0.05) is 31.2 Å². The van der Waals surface area contributed by atoms with Gasteiger partial charge in [0, 0.05) is 24.7 Å². The number of nitrogens with one attached hydrogen (secondary N) is 1. The molecule has 2 bridgehead atoms. The largest absolute Gasteiger partial charge is 0.309 e. The van der Waals surface area contributed by atoms with Crippen molar-refractivity contribution < 1.29 is 0 Å². The number of hydrogen-bond acceptors (Lipinski definition) is 2. The minimum Gasteiger partial charge on any atom is -0.309 e. The van der Waals surface area contributed by atoms with Crippen LogP contribution in [0.25, 0.3) is 0 Å². The number of benzene rings is 1. The first kappa shape index (κ1) is 11.9. The number of likely N-dealkylation sites (N-methyl/N-ethyl adjacent to an activating group) is 1. The van der Waals surface area contributed by atoms with E-state index in [9.17, 15) is 0 Å². The summed E-state index contributed by atoms with van der Waals surface area (Å²) in [7, 11) is 0. The minimum atomic E-state index is 0.556. The zero-order valence-corrected chi connectivity index (χ0v) is 11.8. The maximum atomic E-state index is 3.75. The summed E-state index contributed by atoms with van der Waals surface area (Å²) in [4.78, 5) is 2.83. The molecule has 0 radical (unpaired) electrons. The Hall–Kier alpha value is -0.860. The highest BCUT2D eigenvalue weighted by atomic mass is 15.2. The van der Waals surface area contributed by atoms with Crippen molar-refractivity contribution in [1.82, 2.24) is 10.2 Å². The van der Waals surface area contributed by atoms with Crippen LogP contribution in [0.15, 0.2) is 24.3 Å². The molecule has 1 aliphatic heterocycles. The molecule has 1 saturated heterocycles. The van der Waals surface area contributed by atoms with Gasteiger partial charge in [0.1, 0.15) is 0 Å². The fourth-order valence-corrected chi connectivity index (χ4v) is 4.72. The molecule has 3 aliphatic rings. The van der Waals surface area contributed by atoms with Crippen LogP contribution < -0.4 is 5.32 Å². The SMILES string of the molecule is CCNC1c2ccccc2CC1N1CC2CCC1C2. The van der Waals surface area contributed by atoms with Gasteiger partial charge in [0.25, 0.3) is 0 Å². The van der Waals surface area contributed by atoms with Crippen molar-refractivity contribution in [3.8, 4) is 0 Å². The van der Waals surface area contributed by atoms with Gasteiger partial charge in [-0.3, -0.25) is 4.90 Å². The monoisotopic (exact) mass is 256 g/mol. The van der Waals surface area contributed by atoms with E-state index in [-0.39, 0.29) is 0 Å². The van der Waals surface area contributed by atoms with Crippen LogP contribution in [0, 0.1) is 5.92 Å². The summed E-state index contributed by atoms with van der Waals surface area (Å²) in [5, 5.41) is 3.75. The van der Waals surface area contributed by atoms with Gasteiger partial charge in [-0.15, -0.1) is 0 Å². The summed E-state index contributed by atoms with van der Waals surface area (Å²) in [6, 6.07) is 11.2. The van der Waals surface area contributed by atoms with E-state index < -0.39 is 0 Å². The first-order valence-corrected chi connectivity index (χ1v) is 7.93. The summed E-state index contributed by atoms with van der Waals surface area (Å²) in [5.74, 6) is 0.996. The van der Waals surface area contributed by atoms with Crippen molar-refractivity contribution in [2.24, 2.45) is 5.92 Å². The minimum absolute atomic E-state index is 0.556. The van der Waals surface area contributed by atoms with Crippen LogP contribution in [0.2, 0.25) is 0 Å². The third-order valence-corrected chi connectivity index (χ3v) is 5.51. The molecule has 2 nitrogen and oxygen atoms in total. The molecule has 1 aromatic rings. The molecule has 0 amide bonds. The van der Waals surface area contributed by atoms with Gasteiger partial charge in [-0.05, 0) is 49.3 Å². The molecular weight excluding hydrogens is 232 g/mol. The van der Waals surface area contributed by atoms with Gasteiger partial charge in [0.2, 0.25) is 0 Å². The third kappa shape index (κ3) is 1.85. The standard InChI is InChI=1S/C17H24N2/c1-2-18-17-15-6-4-3-5-13(15)10-16(17)19-11-12-7-8-14(19)9-12/h3-6,12,14,16-18H,2,7-11H2,1H3. The van der Waals surface area contributed by atoms with E-state index in [0.29, 0.717) is 12.1 Å². The lowest BCUT2D eigenvalue weighted by Crippen LogP contribution is -2.46. The second kappa shape index (κ2) is 4.60. The molecule has 4 unspecified atom stereocenters. The van der Waals surface area contributed by atoms with Crippen LogP contribution in [-0.4, -0.2) is 30.1 Å². The summed E-state index contributed by atoms with van der Waals surface area (Å²) < 4.78 is 0. The van der Waals surface area contributed by atoms with Crippen LogP contribution >= 0.6 is 0 Å². The average Bonchev–Trinajstić information content (AvgIpc) is 3.12. The normalized spacial score (nSPS) is 36.9. The van der Waals surface area contributed by atoms with Gasteiger partial charge in [0.05, 0.1) is 0 Å². The molecule has 19 heavy (non-hydrogen) atoms. The first-order valence-electron chi connectivity index (χ1n) is 7.93. The van der Waals surface area contributed by atoms with Gasteiger partial charge >= 0.3 is 0 Å². The van der Waals surface area contributed by atoms with Crippen molar-refractivity contribution >= 4 is 0 Å². The Bertz CT molecular complexity index is 470. The Morgan fingerprint density at radius 2 is 2.16 bits per heavy atom. The highest BCUT2D eigenvalue weighted by Gasteiger charge is 2.45. The molecule has 2 heteroatoms. The lowest BCUT2D eigenvalue weighted by molar-refractivity contribution is 0.126. The lowest BCUT2D eigenvalue weighted by Gasteiger charge is -2.36. The Labute approximate surface area is 116 Å². The maximum Gasteiger partial charge on any atom is 0.0484 e. The van der Waals surface area contributed by atoms with Crippen LogP contribution in [0.4, 0.5) is 0 Å². The second-order valence-electron chi connectivity index (χ2n) is 6.54. The molecule has 0 spiro atoms. The average molecular weight is 256 g/mol. The summed E-state index contributed by atoms with van der Waals surface area (Å²) >= 11 is 0. The Balaban J connectivity index is 1.62. The van der Waals surface area contributed by atoms with Gasteiger partial charge in [-0.25, -0.2) is 0 Å². The second-order valence-corrected chi connectivity index (χ2v) is 6.54. The molecule has 4 rings (SSSR count). The quantitative estimate of drug-likeness (QED) is 0.894. The molecule has 1 aromatic carbocycles. The molecular formula is C17H24N2. The number of piperidine rings is 1. The fourth-order valence-electron chi connectivity index (χ4n) is 4.72. The molecule has 4 atom stereocenters. The van der Waals surface area contributed by atoms with E-state index in [4.69, 9.17) is 0 Å². The molecule has 1 heterocycles. The summed E-state index contributed by atoms with van der Waals surface area (Å²) in [6.07, 6.45) is 5.63. The van der Waals surface area contributed by atoms with E-state index >= 15 is 0 Å². The van der Waals surface area contributed by atoms with E-state index in [1.165, 1.54) is 32.2 Å². The van der Waals surface area contributed by atoms with Crippen molar-refractivity contribution in [3.05, 3.63) is 35.4 Å². The molecule has 1 N–H and O–H groups in total. The fraction of sp³-hybridized carbons (Fsp3) is 0.647. The lowest BCUT2D eigenvalue weighted by atomic mass is 10.0. The zero-order chi connectivity index (χ0) is 12.8. The Kier molecular flexibility index (Phi) is 2.89. The first-order chi connectivity index (χ1) is 9.36. The van der Waals surface area contributed by atoms with Crippen LogP contribution in [0.3, 0.4) is 0 Å².